The van der Waals surface area contributed by atoms with Crippen LogP contribution in [-0.4, -0.2) is 25.3 Å². The van der Waals surface area contributed by atoms with E-state index in [1.54, 1.807) is 0 Å². The fourth-order valence-electron chi connectivity index (χ4n) is 1.72. The first-order valence-electron chi connectivity index (χ1n) is 5.58. The lowest BCUT2D eigenvalue weighted by Gasteiger charge is -2.16. The van der Waals surface area contributed by atoms with Crippen LogP contribution in [0.3, 0.4) is 0 Å². The summed E-state index contributed by atoms with van der Waals surface area (Å²) >= 11 is 5.83. The molecule has 0 bridgehead atoms. The van der Waals surface area contributed by atoms with Gasteiger partial charge in [0.2, 0.25) is 0 Å². The van der Waals surface area contributed by atoms with Gasteiger partial charge in [-0.05, 0) is 24.6 Å². The largest absolute Gasteiger partial charge is 0.443 e. The molecule has 2 N–H and O–H groups in total. The van der Waals surface area contributed by atoms with Gasteiger partial charge < -0.3 is 15.4 Å². The Hall–Kier alpha value is -1.26. The lowest BCUT2D eigenvalue weighted by molar-refractivity contribution is 0.138. The highest BCUT2D eigenvalue weighted by Gasteiger charge is 2.22. The summed E-state index contributed by atoms with van der Waals surface area (Å²) in [5.74, 6) is 0. The molecule has 2 rings (SSSR count). The lowest BCUT2D eigenvalue weighted by atomic mass is 10.1. The number of cyclic esters (lactones) is 1. The van der Waals surface area contributed by atoms with Gasteiger partial charge in [0.1, 0.15) is 6.10 Å². The fraction of sp³-hybridized carbons (Fsp3) is 0.417. The molecule has 0 spiro atoms. The number of hydrogen-bond acceptors (Lipinski definition) is 3. The maximum absolute atomic E-state index is 10.8. The number of halogens is 1. The minimum absolute atomic E-state index is 0.0859. The average Bonchev–Trinajstić information content (AvgIpc) is 2.73. The molecule has 0 unspecified atom stereocenters. The number of carbonyl (C=O) groups excluding carboxylic acids is 1. The molecule has 0 aliphatic carbocycles. The van der Waals surface area contributed by atoms with Gasteiger partial charge in [-0.15, -0.1) is 0 Å². The van der Waals surface area contributed by atoms with E-state index in [2.05, 4.69) is 17.6 Å². The van der Waals surface area contributed by atoms with E-state index in [-0.39, 0.29) is 18.2 Å². The Labute approximate surface area is 105 Å². The molecule has 4 nitrogen and oxygen atoms in total. The zero-order valence-corrected chi connectivity index (χ0v) is 10.3. The molecule has 1 aliphatic heterocycles. The van der Waals surface area contributed by atoms with Crippen molar-refractivity contribution in [3.8, 4) is 0 Å². The van der Waals surface area contributed by atoms with Gasteiger partial charge in [0.25, 0.3) is 0 Å². The summed E-state index contributed by atoms with van der Waals surface area (Å²) in [6, 6.07) is 7.91. The third-order valence-electron chi connectivity index (χ3n) is 2.77. The van der Waals surface area contributed by atoms with E-state index < -0.39 is 0 Å². The molecule has 1 aromatic rings. The smallest absolute Gasteiger partial charge is 0.407 e. The predicted octanol–water partition coefficient (Wildman–Crippen LogP) is 2.10. The number of benzene rings is 1. The highest BCUT2D eigenvalue weighted by Crippen LogP contribution is 2.16. The van der Waals surface area contributed by atoms with Gasteiger partial charge in [-0.2, -0.15) is 0 Å². The molecule has 17 heavy (non-hydrogen) atoms. The standard InChI is InChI=1S/C12H15ClN2O2/c1-8(9-2-4-10(13)5-3-9)14-6-11-7-15-12(16)17-11/h2-5,8,11,14H,6-7H2,1H3,(H,15,16)/t8-,11+/m0/s1. The van der Waals surface area contributed by atoms with Crippen LogP contribution in [-0.2, 0) is 4.74 Å². The molecule has 92 valence electrons. The van der Waals surface area contributed by atoms with Crippen LogP contribution >= 0.6 is 11.6 Å². The summed E-state index contributed by atoms with van der Waals surface area (Å²) in [6.07, 6.45) is -0.423. The van der Waals surface area contributed by atoms with Gasteiger partial charge in [-0.3, -0.25) is 0 Å². The molecule has 0 aromatic heterocycles. The Bertz CT molecular complexity index is 394. The van der Waals surface area contributed by atoms with Crippen LogP contribution in [0.15, 0.2) is 24.3 Å². The maximum Gasteiger partial charge on any atom is 0.407 e. The van der Waals surface area contributed by atoms with Crippen molar-refractivity contribution in [1.82, 2.24) is 10.6 Å². The Kier molecular flexibility index (Phi) is 3.86. The summed E-state index contributed by atoms with van der Waals surface area (Å²) in [4.78, 5) is 10.8. The van der Waals surface area contributed by atoms with Crippen molar-refractivity contribution in [2.75, 3.05) is 13.1 Å². The third kappa shape index (κ3) is 3.35. The van der Waals surface area contributed by atoms with Crippen LogP contribution in [0.4, 0.5) is 4.79 Å². The summed E-state index contributed by atoms with van der Waals surface area (Å²) in [7, 11) is 0. The van der Waals surface area contributed by atoms with Crippen LogP contribution < -0.4 is 10.6 Å². The van der Waals surface area contributed by atoms with E-state index >= 15 is 0 Å². The van der Waals surface area contributed by atoms with Crippen molar-refractivity contribution < 1.29 is 9.53 Å². The molecule has 1 fully saturated rings. The number of hydrogen-bond donors (Lipinski definition) is 2. The minimum atomic E-state index is -0.337. The SMILES string of the molecule is C[C@H](NC[C@@H]1CNC(=O)O1)c1ccc(Cl)cc1. The number of alkyl carbamates (subject to hydrolysis) is 1. The number of rotatable bonds is 4. The van der Waals surface area contributed by atoms with Gasteiger partial charge in [-0.25, -0.2) is 4.79 Å². The molecular formula is C12H15ClN2O2. The molecule has 0 saturated carbocycles. The van der Waals surface area contributed by atoms with Crippen LogP contribution in [0.5, 0.6) is 0 Å². The lowest BCUT2D eigenvalue weighted by Crippen LogP contribution is -2.31. The van der Waals surface area contributed by atoms with Crippen molar-refractivity contribution in [2.45, 2.75) is 19.1 Å². The average molecular weight is 255 g/mol. The summed E-state index contributed by atoms with van der Waals surface area (Å²) in [5.41, 5.74) is 1.16. The van der Waals surface area contributed by atoms with Crippen molar-refractivity contribution in [3.63, 3.8) is 0 Å². The van der Waals surface area contributed by atoms with Gasteiger partial charge in [0.05, 0.1) is 6.54 Å². The molecule has 1 aliphatic rings. The number of amides is 1. The molecule has 5 heteroatoms. The highest BCUT2D eigenvalue weighted by atomic mass is 35.5. The predicted molar refractivity (Wildman–Crippen MR) is 66.1 cm³/mol. The minimum Gasteiger partial charge on any atom is -0.443 e. The second kappa shape index (κ2) is 5.38. The number of ether oxygens (including phenoxy) is 1. The Morgan fingerprint density at radius 2 is 2.24 bits per heavy atom. The van der Waals surface area contributed by atoms with Crippen LogP contribution in [0.25, 0.3) is 0 Å². The van der Waals surface area contributed by atoms with Crippen LogP contribution in [0, 0.1) is 0 Å². The molecule has 1 saturated heterocycles. The summed E-state index contributed by atoms with van der Waals surface area (Å²) in [5, 5.41) is 6.67. The number of carbonyl (C=O) groups is 1. The van der Waals surface area contributed by atoms with E-state index in [0.717, 1.165) is 10.6 Å². The first-order chi connectivity index (χ1) is 8.15. The normalized spacial score (nSPS) is 20.8. The fourth-order valence-corrected chi connectivity index (χ4v) is 1.85. The van der Waals surface area contributed by atoms with Crippen LogP contribution in [0.1, 0.15) is 18.5 Å². The van der Waals surface area contributed by atoms with E-state index in [0.29, 0.717) is 13.1 Å². The Balaban J connectivity index is 1.82. The molecule has 1 aromatic carbocycles. The second-order valence-corrected chi connectivity index (χ2v) is 4.53. The molecule has 1 amide bonds. The van der Waals surface area contributed by atoms with Crippen molar-refractivity contribution in [1.29, 1.82) is 0 Å². The van der Waals surface area contributed by atoms with Gasteiger partial charge in [0.15, 0.2) is 0 Å². The quantitative estimate of drug-likeness (QED) is 0.865. The molecule has 1 heterocycles. The summed E-state index contributed by atoms with van der Waals surface area (Å²) in [6.45, 7) is 3.27. The highest BCUT2D eigenvalue weighted by molar-refractivity contribution is 6.30. The first-order valence-corrected chi connectivity index (χ1v) is 5.96. The monoisotopic (exact) mass is 254 g/mol. The zero-order chi connectivity index (χ0) is 12.3. The van der Waals surface area contributed by atoms with E-state index in [1.165, 1.54) is 0 Å². The van der Waals surface area contributed by atoms with E-state index in [4.69, 9.17) is 16.3 Å². The maximum atomic E-state index is 10.8. The Morgan fingerprint density at radius 1 is 1.53 bits per heavy atom. The zero-order valence-electron chi connectivity index (χ0n) is 9.57. The van der Waals surface area contributed by atoms with Gasteiger partial charge in [0, 0.05) is 17.6 Å². The van der Waals surface area contributed by atoms with Gasteiger partial charge >= 0.3 is 6.09 Å². The topological polar surface area (TPSA) is 50.4 Å². The van der Waals surface area contributed by atoms with Gasteiger partial charge in [-0.1, -0.05) is 23.7 Å². The molecule has 0 radical (unpaired) electrons. The Morgan fingerprint density at radius 3 is 2.82 bits per heavy atom. The molecular weight excluding hydrogens is 240 g/mol. The first kappa shape index (κ1) is 12.2. The van der Waals surface area contributed by atoms with Crippen LogP contribution in [0.2, 0.25) is 5.02 Å². The number of nitrogens with one attached hydrogen (secondary N) is 2. The van der Waals surface area contributed by atoms with E-state index in [1.807, 2.05) is 24.3 Å². The molecule has 2 atom stereocenters. The third-order valence-corrected chi connectivity index (χ3v) is 3.02. The second-order valence-electron chi connectivity index (χ2n) is 4.09. The van der Waals surface area contributed by atoms with Crippen molar-refractivity contribution >= 4 is 17.7 Å². The van der Waals surface area contributed by atoms with Crippen molar-refractivity contribution in [2.24, 2.45) is 0 Å². The van der Waals surface area contributed by atoms with Crippen molar-refractivity contribution in [3.05, 3.63) is 34.9 Å². The summed E-state index contributed by atoms with van der Waals surface area (Å²) < 4.78 is 5.03. The van der Waals surface area contributed by atoms with E-state index in [9.17, 15) is 4.79 Å².